The summed E-state index contributed by atoms with van der Waals surface area (Å²) in [6, 6.07) is 18.3. The number of anilines is 1. The highest BCUT2D eigenvalue weighted by molar-refractivity contribution is 9.10. The number of amides is 1. The van der Waals surface area contributed by atoms with Crippen LogP contribution in [0.5, 0.6) is 23.0 Å². The van der Waals surface area contributed by atoms with E-state index in [2.05, 4.69) is 21.2 Å². The van der Waals surface area contributed by atoms with Crippen LogP contribution in [-0.2, 0) is 6.61 Å². The number of halogens is 1. The summed E-state index contributed by atoms with van der Waals surface area (Å²) < 4.78 is 22.5. The summed E-state index contributed by atoms with van der Waals surface area (Å²) in [5, 5.41) is 2.85. The highest BCUT2D eigenvalue weighted by Gasteiger charge is 2.17. The molecule has 0 aliphatic rings. The fraction of sp³-hybridized carbons (Fsp3) is 0.174. The first-order valence-electron chi connectivity index (χ1n) is 9.13. The van der Waals surface area contributed by atoms with Crippen molar-refractivity contribution < 1.29 is 23.7 Å². The Morgan fingerprint density at radius 1 is 0.900 bits per heavy atom. The van der Waals surface area contributed by atoms with E-state index >= 15 is 0 Å². The predicted octanol–water partition coefficient (Wildman–Crippen LogP) is 5.31. The molecule has 0 unspecified atom stereocenters. The van der Waals surface area contributed by atoms with E-state index in [1.165, 1.54) is 14.2 Å². The summed E-state index contributed by atoms with van der Waals surface area (Å²) in [5.74, 6) is 1.78. The van der Waals surface area contributed by atoms with Crippen LogP contribution in [0.3, 0.4) is 0 Å². The van der Waals surface area contributed by atoms with Gasteiger partial charge in [-0.15, -0.1) is 0 Å². The van der Waals surface area contributed by atoms with Gasteiger partial charge in [-0.1, -0.05) is 30.3 Å². The lowest BCUT2D eigenvalue weighted by Gasteiger charge is -2.15. The molecule has 1 amide bonds. The van der Waals surface area contributed by atoms with Gasteiger partial charge in [0.1, 0.15) is 18.1 Å². The minimum absolute atomic E-state index is 0.324. The van der Waals surface area contributed by atoms with Crippen LogP contribution in [0.1, 0.15) is 15.9 Å². The van der Waals surface area contributed by atoms with Gasteiger partial charge in [0, 0.05) is 11.6 Å². The molecule has 30 heavy (non-hydrogen) atoms. The van der Waals surface area contributed by atoms with Crippen LogP contribution in [0.15, 0.2) is 65.1 Å². The molecule has 0 atom stereocenters. The fourth-order valence-electron chi connectivity index (χ4n) is 2.83. The van der Waals surface area contributed by atoms with Gasteiger partial charge in [0.2, 0.25) is 0 Å². The van der Waals surface area contributed by atoms with Crippen LogP contribution >= 0.6 is 15.9 Å². The van der Waals surface area contributed by atoms with Crippen molar-refractivity contribution in [3.8, 4) is 23.0 Å². The monoisotopic (exact) mass is 471 g/mol. The Morgan fingerprint density at radius 3 is 2.30 bits per heavy atom. The third-order valence-electron chi connectivity index (χ3n) is 4.37. The zero-order valence-corrected chi connectivity index (χ0v) is 18.5. The molecule has 3 aromatic rings. The molecule has 0 saturated heterocycles. The Hall–Kier alpha value is -3.19. The van der Waals surface area contributed by atoms with E-state index in [4.69, 9.17) is 18.9 Å². The highest BCUT2D eigenvalue weighted by atomic mass is 79.9. The molecule has 7 heteroatoms. The maximum Gasteiger partial charge on any atom is 0.255 e. The van der Waals surface area contributed by atoms with Crippen molar-refractivity contribution >= 4 is 27.5 Å². The van der Waals surface area contributed by atoms with E-state index in [-0.39, 0.29) is 5.91 Å². The van der Waals surface area contributed by atoms with Gasteiger partial charge in [-0.2, -0.15) is 0 Å². The second-order valence-electron chi connectivity index (χ2n) is 6.28. The largest absolute Gasteiger partial charge is 0.497 e. The number of ether oxygens (including phenoxy) is 4. The molecular weight excluding hydrogens is 450 g/mol. The quantitative estimate of drug-likeness (QED) is 0.482. The van der Waals surface area contributed by atoms with E-state index < -0.39 is 0 Å². The van der Waals surface area contributed by atoms with E-state index in [0.717, 1.165) is 5.56 Å². The summed E-state index contributed by atoms with van der Waals surface area (Å²) in [6.07, 6.45) is 0. The number of carbonyl (C=O) groups is 1. The zero-order chi connectivity index (χ0) is 21.5. The van der Waals surface area contributed by atoms with Gasteiger partial charge >= 0.3 is 0 Å². The van der Waals surface area contributed by atoms with Crippen molar-refractivity contribution in [3.05, 3.63) is 76.3 Å². The van der Waals surface area contributed by atoms with Crippen molar-refractivity contribution in [2.75, 3.05) is 26.6 Å². The van der Waals surface area contributed by atoms with Crippen molar-refractivity contribution in [3.63, 3.8) is 0 Å². The third-order valence-corrected chi connectivity index (χ3v) is 4.96. The molecule has 3 rings (SSSR count). The molecule has 0 spiro atoms. The van der Waals surface area contributed by atoms with Crippen LogP contribution in [0, 0.1) is 0 Å². The Bertz CT molecular complexity index is 1020. The lowest BCUT2D eigenvalue weighted by atomic mass is 10.1. The molecule has 0 fully saturated rings. The van der Waals surface area contributed by atoms with Crippen molar-refractivity contribution in [2.45, 2.75) is 6.61 Å². The van der Waals surface area contributed by atoms with Gasteiger partial charge in [-0.25, -0.2) is 0 Å². The van der Waals surface area contributed by atoms with Gasteiger partial charge < -0.3 is 24.3 Å². The molecule has 156 valence electrons. The minimum atomic E-state index is -0.324. The van der Waals surface area contributed by atoms with E-state index in [9.17, 15) is 4.79 Å². The van der Waals surface area contributed by atoms with Gasteiger partial charge in [-0.05, 0) is 45.8 Å². The molecule has 6 nitrogen and oxygen atoms in total. The average molecular weight is 472 g/mol. The van der Waals surface area contributed by atoms with Crippen LogP contribution in [0.2, 0.25) is 0 Å². The summed E-state index contributed by atoms with van der Waals surface area (Å²) in [4.78, 5) is 12.9. The van der Waals surface area contributed by atoms with Gasteiger partial charge in [-0.3, -0.25) is 4.79 Å². The molecule has 0 radical (unpaired) electrons. The number of carbonyl (C=O) groups excluding carboxylic acids is 1. The molecule has 0 heterocycles. The van der Waals surface area contributed by atoms with Crippen LogP contribution in [-0.4, -0.2) is 27.2 Å². The Labute approximate surface area is 183 Å². The first kappa shape index (κ1) is 21.5. The van der Waals surface area contributed by atoms with Crippen LogP contribution in [0.25, 0.3) is 0 Å². The maximum absolute atomic E-state index is 12.9. The lowest BCUT2D eigenvalue weighted by molar-refractivity contribution is 0.102. The van der Waals surface area contributed by atoms with Crippen molar-refractivity contribution in [1.29, 1.82) is 0 Å². The number of methoxy groups -OCH3 is 3. The predicted molar refractivity (Wildman–Crippen MR) is 119 cm³/mol. The second kappa shape index (κ2) is 10.0. The summed E-state index contributed by atoms with van der Waals surface area (Å²) >= 11 is 3.49. The Balaban J connectivity index is 1.83. The molecule has 0 bridgehead atoms. The molecular formula is C23H22BrNO5. The average Bonchev–Trinajstić information content (AvgIpc) is 2.78. The Morgan fingerprint density at radius 2 is 1.63 bits per heavy atom. The first-order valence-corrected chi connectivity index (χ1v) is 9.92. The Kier molecular flexibility index (Phi) is 7.19. The topological polar surface area (TPSA) is 66.0 Å². The molecule has 3 aromatic carbocycles. The van der Waals surface area contributed by atoms with Crippen molar-refractivity contribution in [2.24, 2.45) is 0 Å². The number of rotatable bonds is 8. The van der Waals surface area contributed by atoms with Gasteiger partial charge in [0.05, 0.1) is 31.5 Å². The summed E-state index contributed by atoms with van der Waals surface area (Å²) in [7, 11) is 4.63. The molecule has 0 aliphatic carbocycles. The molecule has 0 aromatic heterocycles. The molecule has 1 N–H and O–H groups in total. The van der Waals surface area contributed by atoms with Crippen molar-refractivity contribution in [1.82, 2.24) is 0 Å². The summed E-state index contributed by atoms with van der Waals surface area (Å²) in [5.41, 5.74) is 1.93. The normalized spacial score (nSPS) is 10.3. The number of nitrogens with one attached hydrogen (secondary N) is 1. The van der Waals surface area contributed by atoms with Crippen LogP contribution in [0.4, 0.5) is 5.69 Å². The lowest BCUT2D eigenvalue weighted by Crippen LogP contribution is -2.13. The zero-order valence-electron chi connectivity index (χ0n) is 16.9. The number of hydrogen-bond acceptors (Lipinski definition) is 5. The summed E-state index contributed by atoms with van der Waals surface area (Å²) in [6.45, 7) is 0.377. The standard InChI is InChI=1S/C23H22BrNO5/c1-27-17-9-10-20(28-2)19(13-17)25-23(26)16-11-18(24)22(21(12-16)29-3)30-14-15-7-5-4-6-8-15/h4-13H,14H2,1-3H3,(H,25,26). The third kappa shape index (κ3) is 5.04. The SMILES string of the molecule is COc1ccc(OC)c(NC(=O)c2cc(Br)c(OCc3ccccc3)c(OC)c2)c1. The maximum atomic E-state index is 12.9. The minimum Gasteiger partial charge on any atom is -0.497 e. The van der Waals surface area contributed by atoms with Gasteiger partial charge in [0.25, 0.3) is 5.91 Å². The van der Waals surface area contributed by atoms with E-state index in [1.807, 2.05) is 30.3 Å². The number of hydrogen-bond donors (Lipinski definition) is 1. The second-order valence-corrected chi connectivity index (χ2v) is 7.14. The van der Waals surface area contributed by atoms with E-state index in [0.29, 0.717) is 45.3 Å². The molecule has 0 saturated carbocycles. The first-order chi connectivity index (χ1) is 14.5. The van der Waals surface area contributed by atoms with Gasteiger partial charge in [0.15, 0.2) is 11.5 Å². The molecule has 0 aliphatic heterocycles. The highest BCUT2D eigenvalue weighted by Crippen LogP contribution is 2.38. The number of benzene rings is 3. The van der Waals surface area contributed by atoms with Crippen LogP contribution < -0.4 is 24.3 Å². The fourth-order valence-corrected chi connectivity index (χ4v) is 3.38. The smallest absolute Gasteiger partial charge is 0.255 e. The van der Waals surface area contributed by atoms with E-state index in [1.54, 1.807) is 37.4 Å².